The molecule has 0 saturated heterocycles. The molecule has 0 saturated carbocycles. The molecule has 0 aromatic carbocycles. The van der Waals surface area contributed by atoms with Gasteiger partial charge in [0.05, 0.1) is 5.09 Å². The first-order chi connectivity index (χ1) is 3.15. The molecule has 0 aliphatic rings. The van der Waals surface area contributed by atoms with E-state index in [9.17, 15) is 0 Å². The summed E-state index contributed by atoms with van der Waals surface area (Å²) in [4.78, 5) is 24.2. The van der Waals surface area contributed by atoms with E-state index in [0.29, 0.717) is 0 Å². The molecule has 9 nitrogen and oxygen atoms in total. The minimum Gasteiger partial charge on any atom is -0.356 e. The predicted molar refractivity (Wildman–Crippen MR) is 23.5 cm³/mol. The van der Waals surface area contributed by atoms with Gasteiger partial charge in [0.15, 0.2) is 0 Å². The van der Waals surface area contributed by atoms with Crippen molar-refractivity contribution in [1.29, 1.82) is 0 Å². The van der Waals surface area contributed by atoms with Crippen LogP contribution in [0.2, 0.25) is 0 Å². The van der Waals surface area contributed by atoms with Crippen LogP contribution in [0.4, 0.5) is 0 Å². The molecule has 9 heteroatoms. The van der Waals surface area contributed by atoms with Gasteiger partial charge in [0.1, 0.15) is 0 Å². The van der Waals surface area contributed by atoms with Gasteiger partial charge in [-0.3, -0.25) is 0 Å². The Kier molecular flexibility index (Phi) is 93.1. The van der Waals surface area contributed by atoms with Gasteiger partial charge in [-0.05, 0) is 0 Å². The number of rotatable bonds is 0. The van der Waals surface area contributed by atoms with E-state index in [0.717, 1.165) is 5.04 Å². The molecule has 0 aliphatic heterocycles. The van der Waals surface area contributed by atoms with Crippen LogP contribution in [0.1, 0.15) is 0 Å². The van der Waals surface area contributed by atoms with Gasteiger partial charge in [-0.25, -0.2) is 0 Å². The molecule has 0 aromatic rings. The second-order valence-electron chi connectivity index (χ2n) is 0.298. The van der Waals surface area contributed by atoms with Crippen molar-refractivity contribution in [3.63, 3.8) is 0 Å². The molecule has 0 amide bonds. The standard InChI is InChI=1S/NO3.NO2.2N/c2-1(3)4;2-1-3;;/q-1;+1;;. The maximum Gasteiger partial charge on any atom is 0.569 e. The summed E-state index contributed by atoms with van der Waals surface area (Å²) in [6.07, 6.45) is 0. The number of hydrogen-bond acceptors (Lipinski definition) is 5. The Morgan fingerprint density at radius 3 is 1.11 bits per heavy atom. The Bertz CT molecular complexity index is 77.0. The highest BCUT2D eigenvalue weighted by molar-refractivity contribution is 4.03. The zero-order valence-corrected chi connectivity index (χ0v) is 3.83. The molecule has 0 N–H and O–H groups in total. The zero-order valence-electron chi connectivity index (χ0n) is 3.83. The van der Waals surface area contributed by atoms with E-state index < -0.39 is 5.09 Å². The minimum absolute atomic E-state index is 0. The van der Waals surface area contributed by atoms with Crippen LogP contribution in [0.15, 0.2) is 0 Å². The first kappa shape index (κ1) is 26.1. The van der Waals surface area contributed by atoms with Gasteiger partial charge in [-0.15, -0.1) is 0 Å². The van der Waals surface area contributed by atoms with Gasteiger partial charge in [-0.1, -0.05) is 0 Å². The summed E-state index contributed by atoms with van der Waals surface area (Å²) in [5.74, 6) is 0. The highest BCUT2D eigenvalue weighted by Crippen LogP contribution is 1.44. The fourth-order valence-corrected chi connectivity index (χ4v) is 0. The Morgan fingerprint density at radius 1 is 1.11 bits per heavy atom. The van der Waals surface area contributed by atoms with E-state index in [1.165, 1.54) is 0 Å². The normalized spacial score (nSPS) is 3.56. The van der Waals surface area contributed by atoms with Crippen molar-refractivity contribution in [2.75, 3.05) is 0 Å². The second-order valence-corrected chi connectivity index (χ2v) is 0.298. The van der Waals surface area contributed by atoms with Crippen molar-refractivity contribution in [3.05, 3.63) is 25.1 Å². The molecular formula is N4O5. The van der Waals surface area contributed by atoms with Crippen molar-refractivity contribution in [2.45, 2.75) is 0 Å². The minimum atomic E-state index is -1.75. The summed E-state index contributed by atoms with van der Waals surface area (Å²) >= 11 is 0. The third kappa shape index (κ3) is 51.2. The summed E-state index contributed by atoms with van der Waals surface area (Å²) in [6, 6.07) is 0. The first-order valence-electron chi connectivity index (χ1n) is 0.913. The van der Waals surface area contributed by atoms with Crippen molar-refractivity contribution < 1.29 is 5.09 Å². The average Bonchev–Trinajstić information content (AvgIpc) is 1.33. The van der Waals surface area contributed by atoms with Crippen LogP contribution in [-0.4, -0.2) is 5.09 Å². The third-order valence-electron chi connectivity index (χ3n) is 0. The Labute approximate surface area is 48.9 Å². The maximum atomic E-state index is 8.25. The summed E-state index contributed by atoms with van der Waals surface area (Å²) in [6.45, 7) is 0. The van der Waals surface area contributed by atoms with Crippen LogP contribution in [0.3, 0.4) is 0 Å². The molecule has 0 rings (SSSR count). The molecule has 6 radical (unpaired) electrons. The molecule has 0 fully saturated rings. The Balaban J connectivity index is -0.0000000233. The fraction of sp³-hybridized carbons (Fsp3) is 0. The lowest BCUT2D eigenvalue weighted by molar-refractivity contribution is -0.402. The molecule has 50 valence electrons. The lowest BCUT2D eigenvalue weighted by atomic mass is 13.1. The highest BCUT2D eigenvalue weighted by atomic mass is 16.9. The van der Waals surface area contributed by atoms with Gasteiger partial charge >= 0.3 is 5.04 Å². The van der Waals surface area contributed by atoms with Gasteiger partial charge in [0, 0.05) is 12.3 Å². The van der Waals surface area contributed by atoms with E-state index >= 15 is 0 Å². The van der Waals surface area contributed by atoms with Crippen molar-refractivity contribution in [2.24, 2.45) is 0 Å². The van der Waals surface area contributed by atoms with Crippen LogP contribution in [0.25, 0.3) is 0 Å². The Hall–Kier alpha value is -1.57. The molecule has 0 unspecified atom stereocenters. The lowest BCUT2D eigenvalue weighted by Gasteiger charge is -1.74. The predicted octanol–water partition coefficient (Wildman–Crippen LogP) is -1.61. The molecule has 0 aliphatic carbocycles. The van der Waals surface area contributed by atoms with Gasteiger partial charge in [0.25, 0.3) is 0 Å². The van der Waals surface area contributed by atoms with Gasteiger partial charge < -0.3 is 15.3 Å². The quantitative estimate of drug-likeness (QED) is 0.220. The van der Waals surface area contributed by atoms with Gasteiger partial charge in [0.2, 0.25) is 9.81 Å². The largest absolute Gasteiger partial charge is 0.569 e. The molecule has 0 bridgehead atoms. The fourth-order valence-electron chi connectivity index (χ4n) is 0. The molecule has 0 spiro atoms. The molecule has 0 atom stereocenters. The summed E-state index contributed by atoms with van der Waals surface area (Å²) in [5.41, 5.74) is 0. The molecular weight excluding hydrogens is 136 g/mol. The Morgan fingerprint density at radius 2 is 1.11 bits per heavy atom. The summed E-state index contributed by atoms with van der Waals surface area (Å²) in [7, 11) is 0. The lowest BCUT2D eigenvalue weighted by Crippen LogP contribution is -1.74. The summed E-state index contributed by atoms with van der Waals surface area (Å²) < 4.78 is 0. The zero-order chi connectivity index (χ0) is 6.28. The molecule has 0 aromatic heterocycles. The number of hydrogen-bond donors (Lipinski definition) is 0. The van der Waals surface area contributed by atoms with Crippen molar-refractivity contribution in [3.8, 4) is 0 Å². The van der Waals surface area contributed by atoms with Crippen molar-refractivity contribution >= 4 is 0 Å². The second kappa shape index (κ2) is 32.1. The summed E-state index contributed by atoms with van der Waals surface area (Å²) in [5, 5.41) is 15.8. The number of nitroso groups, excluding NO2 is 2. The van der Waals surface area contributed by atoms with Crippen molar-refractivity contribution in [1.82, 2.24) is 17.3 Å². The monoisotopic (exact) mass is 136 g/mol. The van der Waals surface area contributed by atoms with E-state index in [-0.39, 0.29) is 12.3 Å². The smallest absolute Gasteiger partial charge is 0.356 e. The average molecular weight is 136 g/mol. The maximum absolute atomic E-state index is 8.25. The van der Waals surface area contributed by atoms with Crippen LogP contribution >= 0.6 is 0 Å². The van der Waals surface area contributed by atoms with E-state index in [4.69, 9.17) is 25.1 Å². The highest BCUT2D eigenvalue weighted by Gasteiger charge is 1.45. The van der Waals surface area contributed by atoms with Gasteiger partial charge in [-0.2, -0.15) is 0 Å². The molecule has 0 heterocycles. The first-order valence-corrected chi connectivity index (χ1v) is 0.913. The van der Waals surface area contributed by atoms with E-state index in [1.54, 1.807) is 0 Å². The van der Waals surface area contributed by atoms with Crippen LogP contribution in [0, 0.1) is 25.1 Å². The van der Waals surface area contributed by atoms with E-state index in [2.05, 4.69) is 0 Å². The van der Waals surface area contributed by atoms with E-state index in [1.807, 2.05) is 0 Å². The van der Waals surface area contributed by atoms with Crippen LogP contribution < -0.4 is 17.3 Å². The van der Waals surface area contributed by atoms with Crippen LogP contribution in [-0.2, 0) is 0 Å². The SMILES string of the molecule is O=[N+]([O-])[O-].O=[N+]=O.[N].[N]. The third-order valence-corrected chi connectivity index (χ3v) is 0. The number of nitrogens with zero attached hydrogens (tertiary/aromatic N) is 4. The van der Waals surface area contributed by atoms with Crippen LogP contribution in [0.5, 0.6) is 0 Å². The molecule has 9 heavy (non-hydrogen) atoms. The topological polar surface area (TPSA) is 175 Å².